The lowest BCUT2D eigenvalue weighted by Crippen LogP contribution is -2.57. The highest BCUT2D eigenvalue weighted by molar-refractivity contribution is 5.92. The van der Waals surface area contributed by atoms with Crippen molar-refractivity contribution in [2.75, 3.05) is 11.4 Å². The molecule has 1 aromatic rings. The van der Waals surface area contributed by atoms with Crippen LogP contribution in [0, 0.1) is 0 Å². The Hall–Kier alpha value is -2.04. The Morgan fingerprint density at radius 3 is 2.70 bits per heavy atom. The van der Waals surface area contributed by atoms with Crippen molar-refractivity contribution in [3.05, 3.63) is 29.8 Å². The van der Waals surface area contributed by atoms with Gasteiger partial charge in [0.05, 0.1) is 0 Å². The van der Waals surface area contributed by atoms with E-state index in [1.807, 2.05) is 32.0 Å². The molecule has 0 radical (unpaired) electrons. The van der Waals surface area contributed by atoms with E-state index in [4.69, 9.17) is 5.11 Å². The van der Waals surface area contributed by atoms with Gasteiger partial charge in [0.1, 0.15) is 12.1 Å². The summed E-state index contributed by atoms with van der Waals surface area (Å²) in [5, 5.41) is 11.1. The number of nitrogens with zero attached hydrogens (tertiary/aromatic N) is 1. The van der Waals surface area contributed by atoms with Crippen LogP contribution in [0.15, 0.2) is 24.3 Å². The first kappa shape index (κ1) is 14.4. The number of fused-ring (bicyclic) bond motifs is 1. The van der Waals surface area contributed by atoms with Crippen molar-refractivity contribution in [2.45, 2.75) is 38.8 Å². The van der Waals surface area contributed by atoms with Gasteiger partial charge in [-0.05, 0) is 38.8 Å². The second kappa shape index (κ2) is 5.15. The molecule has 0 saturated carbocycles. The lowest BCUT2D eigenvalue weighted by Gasteiger charge is -2.39. The van der Waals surface area contributed by atoms with E-state index < -0.39 is 11.5 Å². The highest BCUT2D eigenvalue weighted by Gasteiger charge is 2.41. The fourth-order valence-electron chi connectivity index (χ4n) is 2.90. The van der Waals surface area contributed by atoms with Crippen molar-refractivity contribution in [3.8, 4) is 0 Å². The SMILES string of the molecule is CC1Cc2ccccc2N1C(C)(C)C(=O)NCC(=O)O. The molecule has 0 aliphatic carbocycles. The van der Waals surface area contributed by atoms with Gasteiger partial charge in [0.25, 0.3) is 0 Å². The second-order valence-corrected chi connectivity index (χ2v) is 5.69. The molecule has 108 valence electrons. The first-order valence-corrected chi connectivity index (χ1v) is 6.71. The molecule has 5 heteroatoms. The number of carbonyl (C=O) groups is 2. The third kappa shape index (κ3) is 2.48. The fourth-order valence-corrected chi connectivity index (χ4v) is 2.90. The predicted octanol–water partition coefficient (Wildman–Crippen LogP) is 1.42. The normalized spacial score (nSPS) is 17.8. The Kier molecular flexibility index (Phi) is 3.70. The summed E-state index contributed by atoms with van der Waals surface area (Å²) in [4.78, 5) is 25.0. The number of carboxylic acids is 1. The average molecular weight is 276 g/mol. The summed E-state index contributed by atoms with van der Waals surface area (Å²) in [6, 6.07) is 8.22. The van der Waals surface area contributed by atoms with Crippen molar-refractivity contribution < 1.29 is 14.7 Å². The Balaban J connectivity index is 2.25. The number of para-hydroxylation sites is 1. The Labute approximate surface area is 118 Å². The maximum Gasteiger partial charge on any atom is 0.322 e. The van der Waals surface area contributed by atoms with Gasteiger partial charge in [-0.1, -0.05) is 18.2 Å². The molecule has 0 aromatic heterocycles. The first-order chi connectivity index (χ1) is 9.34. The minimum absolute atomic E-state index is 0.206. The standard InChI is InChI=1S/C15H20N2O3/c1-10-8-11-6-4-5-7-12(11)17(10)15(2,3)14(20)16-9-13(18)19/h4-7,10H,8-9H2,1-3H3,(H,16,20)(H,18,19). The van der Waals surface area contributed by atoms with E-state index in [0.29, 0.717) is 0 Å². The molecule has 1 aromatic carbocycles. The largest absolute Gasteiger partial charge is 0.480 e. The quantitative estimate of drug-likeness (QED) is 0.872. The smallest absolute Gasteiger partial charge is 0.322 e. The number of benzene rings is 1. The van der Waals surface area contributed by atoms with E-state index in [1.165, 1.54) is 5.56 Å². The number of carbonyl (C=O) groups excluding carboxylic acids is 1. The molecule has 2 rings (SSSR count). The summed E-state index contributed by atoms with van der Waals surface area (Å²) >= 11 is 0. The van der Waals surface area contributed by atoms with E-state index >= 15 is 0 Å². The summed E-state index contributed by atoms with van der Waals surface area (Å²) in [5.74, 6) is -1.31. The Bertz CT molecular complexity index is 540. The zero-order valence-corrected chi connectivity index (χ0v) is 12.0. The number of aliphatic carboxylic acids is 1. The van der Waals surface area contributed by atoms with Crippen LogP contribution in [-0.2, 0) is 16.0 Å². The van der Waals surface area contributed by atoms with Crippen LogP contribution in [-0.4, -0.2) is 35.1 Å². The third-order valence-electron chi connectivity index (χ3n) is 3.77. The molecule has 1 heterocycles. The van der Waals surface area contributed by atoms with Crippen LogP contribution in [0.2, 0.25) is 0 Å². The van der Waals surface area contributed by atoms with E-state index in [9.17, 15) is 9.59 Å². The molecule has 0 fully saturated rings. The molecule has 0 bridgehead atoms. The van der Waals surface area contributed by atoms with E-state index in [-0.39, 0.29) is 18.5 Å². The van der Waals surface area contributed by atoms with E-state index in [1.54, 1.807) is 0 Å². The summed E-state index contributed by atoms with van der Waals surface area (Å²) < 4.78 is 0. The molecule has 1 aliphatic heterocycles. The number of anilines is 1. The van der Waals surface area contributed by atoms with Gasteiger partial charge in [0.2, 0.25) is 5.91 Å². The number of carboxylic acid groups (broad SMARTS) is 1. The molecule has 0 spiro atoms. The number of amides is 1. The van der Waals surface area contributed by atoms with Crippen LogP contribution in [0.25, 0.3) is 0 Å². The predicted molar refractivity (Wildman–Crippen MR) is 76.8 cm³/mol. The molecule has 5 nitrogen and oxygen atoms in total. The van der Waals surface area contributed by atoms with Crippen LogP contribution in [0.3, 0.4) is 0 Å². The molecule has 20 heavy (non-hydrogen) atoms. The minimum Gasteiger partial charge on any atom is -0.480 e. The van der Waals surface area contributed by atoms with Crippen molar-refractivity contribution in [3.63, 3.8) is 0 Å². The van der Waals surface area contributed by atoms with Gasteiger partial charge in [0.15, 0.2) is 0 Å². The lowest BCUT2D eigenvalue weighted by atomic mass is 9.99. The zero-order chi connectivity index (χ0) is 14.9. The summed E-state index contributed by atoms with van der Waals surface area (Å²) in [6.45, 7) is 5.37. The molecule has 2 N–H and O–H groups in total. The molecule has 0 saturated heterocycles. The van der Waals surface area contributed by atoms with Crippen molar-refractivity contribution in [2.24, 2.45) is 0 Å². The van der Waals surface area contributed by atoms with Crippen LogP contribution in [0.1, 0.15) is 26.3 Å². The summed E-state index contributed by atoms with van der Waals surface area (Å²) in [5.41, 5.74) is 1.48. The lowest BCUT2D eigenvalue weighted by molar-refractivity contribution is -0.138. The monoisotopic (exact) mass is 276 g/mol. The number of nitrogens with one attached hydrogen (secondary N) is 1. The maximum absolute atomic E-state index is 12.3. The summed E-state index contributed by atoms with van der Waals surface area (Å²) in [6.07, 6.45) is 0.895. The van der Waals surface area contributed by atoms with Crippen LogP contribution >= 0.6 is 0 Å². The summed E-state index contributed by atoms with van der Waals surface area (Å²) in [7, 11) is 0. The molecular weight excluding hydrogens is 256 g/mol. The van der Waals surface area contributed by atoms with E-state index in [0.717, 1.165) is 12.1 Å². The van der Waals surface area contributed by atoms with Gasteiger partial charge in [-0.25, -0.2) is 0 Å². The van der Waals surface area contributed by atoms with Gasteiger partial charge in [-0.15, -0.1) is 0 Å². The topological polar surface area (TPSA) is 69.6 Å². The van der Waals surface area contributed by atoms with Crippen molar-refractivity contribution in [1.82, 2.24) is 5.32 Å². The Morgan fingerprint density at radius 1 is 1.40 bits per heavy atom. The first-order valence-electron chi connectivity index (χ1n) is 6.71. The van der Waals surface area contributed by atoms with Crippen LogP contribution < -0.4 is 10.2 Å². The zero-order valence-electron chi connectivity index (χ0n) is 12.0. The molecular formula is C15H20N2O3. The number of hydrogen-bond acceptors (Lipinski definition) is 3. The second-order valence-electron chi connectivity index (χ2n) is 5.69. The number of rotatable bonds is 4. The van der Waals surface area contributed by atoms with Crippen molar-refractivity contribution >= 4 is 17.6 Å². The third-order valence-corrected chi connectivity index (χ3v) is 3.77. The highest BCUT2D eigenvalue weighted by atomic mass is 16.4. The number of hydrogen-bond donors (Lipinski definition) is 2. The molecule has 1 atom stereocenters. The van der Waals surface area contributed by atoms with Crippen molar-refractivity contribution in [1.29, 1.82) is 0 Å². The van der Waals surface area contributed by atoms with Gasteiger partial charge in [0, 0.05) is 11.7 Å². The van der Waals surface area contributed by atoms with Crippen LogP contribution in [0.5, 0.6) is 0 Å². The maximum atomic E-state index is 12.3. The minimum atomic E-state index is -1.04. The molecule has 1 unspecified atom stereocenters. The molecule has 1 amide bonds. The van der Waals surface area contributed by atoms with Gasteiger partial charge in [-0.2, -0.15) is 0 Å². The van der Waals surface area contributed by atoms with Crippen LogP contribution in [0.4, 0.5) is 5.69 Å². The van der Waals surface area contributed by atoms with Gasteiger partial charge in [-0.3, -0.25) is 9.59 Å². The molecule has 1 aliphatic rings. The highest BCUT2D eigenvalue weighted by Crippen LogP contribution is 2.37. The Morgan fingerprint density at radius 2 is 2.05 bits per heavy atom. The average Bonchev–Trinajstić information content (AvgIpc) is 2.71. The van der Waals surface area contributed by atoms with Gasteiger partial charge >= 0.3 is 5.97 Å². The van der Waals surface area contributed by atoms with Gasteiger partial charge < -0.3 is 15.3 Å². The van der Waals surface area contributed by atoms with E-state index in [2.05, 4.69) is 23.2 Å². The fraction of sp³-hybridized carbons (Fsp3) is 0.467.